The number of rotatable bonds is 4. The number of hydrogen-bond acceptors (Lipinski definition) is 2. The zero-order chi connectivity index (χ0) is 13.7. The van der Waals surface area contributed by atoms with Crippen LogP contribution in [-0.2, 0) is 11.2 Å². The summed E-state index contributed by atoms with van der Waals surface area (Å²) in [6.07, 6.45) is 1.14. The lowest BCUT2D eigenvalue weighted by molar-refractivity contribution is -0.116. The van der Waals surface area contributed by atoms with Crippen LogP contribution in [0, 0.1) is 6.92 Å². The molecule has 0 radical (unpaired) electrons. The van der Waals surface area contributed by atoms with Crippen LogP contribution in [0.2, 0.25) is 5.15 Å². The molecule has 0 atom stereocenters. The first-order chi connectivity index (χ1) is 9.13. The normalized spacial score (nSPS) is 10.2. The molecule has 98 valence electrons. The average Bonchev–Trinajstić information content (AvgIpc) is 2.38. The summed E-state index contributed by atoms with van der Waals surface area (Å²) in [5, 5.41) is 3.10. The van der Waals surface area contributed by atoms with Crippen LogP contribution in [0.5, 0.6) is 0 Å². The predicted molar refractivity (Wildman–Crippen MR) is 77.4 cm³/mol. The van der Waals surface area contributed by atoms with E-state index in [2.05, 4.69) is 10.3 Å². The van der Waals surface area contributed by atoms with E-state index in [1.165, 1.54) is 5.56 Å². The van der Waals surface area contributed by atoms with Crippen LogP contribution in [-0.4, -0.2) is 10.9 Å². The first kappa shape index (κ1) is 13.6. The molecule has 1 aromatic carbocycles. The topological polar surface area (TPSA) is 42.0 Å². The van der Waals surface area contributed by atoms with Gasteiger partial charge >= 0.3 is 0 Å². The summed E-state index contributed by atoms with van der Waals surface area (Å²) in [7, 11) is 0. The number of anilines is 1. The van der Waals surface area contributed by atoms with E-state index >= 15 is 0 Å². The van der Waals surface area contributed by atoms with Gasteiger partial charge in [0.25, 0.3) is 0 Å². The van der Waals surface area contributed by atoms with Crippen LogP contribution in [0.4, 0.5) is 5.82 Å². The molecule has 1 N–H and O–H groups in total. The zero-order valence-electron chi connectivity index (χ0n) is 10.7. The van der Waals surface area contributed by atoms with Crippen molar-refractivity contribution in [2.75, 3.05) is 5.32 Å². The van der Waals surface area contributed by atoms with E-state index in [1.807, 2.05) is 31.2 Å². The molecule has 1 aromatic heterocycles. The standard InChI is InChI=1S/C15H15ClN2O/c1-11-5-7-12(8-6-11)9-10-15(19)18-14-4-2-3-13(16)17-14/h2-8H,9-10H2,1H3,(H,17,18,19). The van der Waals surface area contributed by atoms with Gasteiger partial charge in [0.05, 0.1) is 0 Å². The second-order valence-electron chi connectivity index (χ2n) is 4.38. The van der Waals surface area contributed by atoms with Crippen LogP contribution in [0.3, 0.4) is 0 Å². The molecule has 0 aliphatic rings. The molecule has 0 aliphatic carbocycles. The van der Waals surface area contributed by atoms with Crippen molar-refractivity contribution >= 4 is 23.3 Å². The highest BCUT2D eigenvalue weighted by molar-refractivity contribution is 6.29. The number of aryl methyl sites for hydroxylation is 2. The Morgan fingerprint density at radius 3 is 2.63 bits per heavy atom. The van der Waals surface area contributed by atoms with Crippen molar-refractivity contribution in [1.82, 2.24) is 4.98 Å². The summed E-state index contributed by atoms with van der Waals surface area (Å²) in [5.74, 6) is 0.428. The minimum atomic E-state index is -0.0599. The largest absolute Gasteiger partial charge is 0.311 e. The van der Waals surface area contributed by atoms with Gasteiger partial charge in [-0.25, -0.2) is 4.98 Å². The van der Waals surface area contributed by atoms with E-state index in [9.17, 15) is 4.79 Å². The Labute approximate surface area is 117 Å². The number of halogens is 1. The highest BCUT2D eigenvalue weighted by atomic mass is 35.5. The van der Waals surface area contributed by atoms with Gasteiger partial charge in [0.15, 0.2) is 0 Å². The number of pyridine rings is 1. The van der Waals surface area contributed by atoms with Crippen molar-refractivity contribution in [3.8, 4) is 0 Å². The van der Waals surface area contributed by atoms with E-state index in [0.29, 0.717) is 23.8 Å². The molecule has 0 aliphatic heterocycles. The molecule has 1 heterocycles. The lowest BCUT2D eigenvalue weighted by Gasteiger charge is -2.05. The molecule has 1 amide bonds. The van der Waals surface area contributed by atoms with Crippen molar-refractivity contribution in [3.63, 3.8) is 0 Å². The van der Waals surface area contributed by atoms with Crippen LogP contribution >= 0.6 is 11.6 Å². The number of amides is 1. The van der Waals surface area contributed by atoms with Crippen molar-refractivity contribution in [2.45, 2.75) is 19.8 Å². The Hall–Kier alpha value is -1.87. The highest BCUT2D eigenvalue weighted by Gasteiger charge is 2.04. The summed E-state index contributed by atoms with van der Waals surface area (Å²) in [5.41, 5.74) is 2.37. The number of hydrogen-bond donors (Lipinski definition) is 1. The molecular formula is C15H15ClN2O. The minimum absolute atomic E-state index is 0.0599. The number of benzene rings is 1. The third kappa shape index (κ3) is 4.38. The van der Waals surface area contributed by atoms with Gasteiger partial charge in [-0.05, 0) is 31.0 Å². The van der Waals surface area contributed by atoms with E-state index in [-0.39, 0.29) is 5.91 Å². The summed E-state index contributed by atoms with van der Waals surface area (Å²) < 4.78 is 0. The summed E-state index contributed by atoms with van der Waals surface area (Å²) in [6.45, 7) is 2.04. The van der Waals surface area contributed by atoms with Crippen LogP contribution in [0.25, 0.3) is 0 Å². The van der Waals surface area contributed by atoms with Crippen LogP contribution in [0.1, 0.15) is 17.5 Å². The first-order valence-electron chi connectivity index (χ1n) is 6.11. The summed E-state index contributed by atoms with van der Waals surface area (Å²) in [4.78, 5) is 15.8. The van der Waals surface area contributed by atoms with Gasteiger partial charge in [0.2, 0.25) is 5.91 Å². The molecule has 19 heavy (non-hydrogen) atoms. The Balaban J connectivity index is 1.86. The summed E-state index contributed by atoms with van der Waals surface area (Å²) >= 11 is 5.75. The number of carbonyl (C=O) groups is 1. The lowest BCUT2D eigenvalue weighted by Crippen LogP contribution is -2.13. The highest BCUT2D eigenvalue weighted by Crippen LogP contribution is 2.10. The average molecular weight is 275 g/mol. The summed E-state index contributed by atoms with van der Waals surface area (Å²) in [6, 6.07) is 13.3. The van der Waals surface area contributed by atoms with E-state index in [4.69, 9.17) is 11.6 Å². The molecule has 2 aromatic rings. The third-order valence-electron chi connectivity index (χ3n) is 2.74. The van der Waals surface area contributed by atoms with Crippen molar-refractivity contribution in [1.29, 1.82) is 0 Å². The van der Waals surface area contributed by atoms with Gasteiger partial charge < -0.3 is 5.32 Å². The number of nitrogens with one attached hydrogen (secondary N) is 1. The van der Waals surface area contributed by atoms with Crippen LogP contribution < -0.4 is 5.32 Å². The van der Waals surface area contributed by atoms with Gasteiger partial charge in [0, 0.05) is 6.42 Å². The third-order valence-corrected chi connectivity index (χ3v) is 2.95. The first-order valence-corrected chi connectivity index (χ1v) is 6.49. The van der Waals surface area contributed by atoms with E-state index in [1.54, 1.807) is 18.2 Å². The Bertz CT molecular complexity index is 567. The van der Waals surface area contributed by atoms with Gasteiger partial charge in [-0.15, -0.1) is 0 Å². The Morgan fingerprint density at radius 2 is 1.95 bits per heavy atom. The molecule has 0 saturated carbocycles. The monoisotopic (exact) mass is 274 g/mol. The SMILES string of the molecule is Cc1ccc(CCC(=O)Nc2cccc(Cl)n2)cc1. The second-order valence-corrected chi connectivity index (χ2v) is 4.77. The second kappa shape index (κ2) is 6.34. The Kier molecular flexibility index (Phi) is 4.53. The van der Waals surface area contributed by atoms with E-state index < -0.39 is 0 Å². The molecule has 0 unspecified atom stereocenters. The maximum Gasteiger partial charge on any atom is 0.225 e. The molecule has 0 fully saturated rings. The maximum atomic E-state index is 11.8. The minimum Gasteiger partial charge on any atom is -0.311 e. The smallest absolute Gasteiger partial charge is 0.225 e. The molecule has 2 rings (SSSR count). The lowest BCUT2D eigenvalue weighted by atomic mass is 10.1. The van der Waals surface area contributed by atoms with Gasteiger partial charge in [0.1, 0.15) is 11.0 Å². The van der Waals surface area contributed by atoms with E-state index in [0.717, 1.165) is 5.56 Å². The van der Waals surface area contributed by atoms with Gasteiger partial charge in [-0.2, -0.15) is 0 Å². The van der Waals surface area contributed by atoms with Gasteiger partial charge in [-0.3, -0.25) is 4.79 Å². The molecule has 3 nitrogen and oxygen atoms in total. The zero-order valence-corrected chi connectivity index (χ0v) is 11.4. The molecule has 4 heteroatoms. The van der Waals surface area contributed by atoms with Crippen LogP contribution in [0.15, 0.2) is 42.5 Å². The maximum absolute atomic E-state index is 11.8. The number of aromatic nitrogens is 1. The predicted octanol–water partition coefficient (Wildman–Crippen LogP) is 3.61. The fourth-order valence-electron chi connectivity index (χ4n) is 1.70. The quantitative estimate of drug-likeness (QED) is 0.866. The van der Waals surface area contributed by atoms with Gasteiger partial charge in [-0.1, -0.05) is 47.5 Å². The van der Waals surface area contributed by atoms with Crippen molar-refractivity contribution in [2.24, 2.45) is 0 Å². The fourth-order valence-corrected chi connectivity index (χ4v) is 1.86. The molecule has 0 bridgehead atoms. The van der Waals surface area contributed by atoms with Crippen molar-refractivity contribution < 1.29 is 4.79 Å². The number of carbonyl (C=O) groups excluding carboxylic acids is 1. The molecule has 0 saturated heterocycles. The molecule has 0 spiro atoms. The molecular weight excluding hydrogens is 260 g/mol. The number of nitrogens with zero attached hydrogens (tertiary/aromatic N) is 1. The van der Waals surface area contributed by atoms with Crippen molar-refractivity contribution in [3.05, 3.63) is 58.7 Å². The Morgan fingerprint density at radius 1 is 1.21 bits per heavy atom. The fraction of sp³-hybridized carbons (Fsp3) is 0.200.